The Morgan fingerprint density at radius 1 is 0.871 bits per heavy atom. The molecule has 0 unspecified atom stereocenters. The Labute approximate surface area is 181 Å². The summed E-state index contributed by atoms with van der Waals surface area (Å²) in [5, 5.41) is 37.5. The van der Waals surface area contributed by atoms with E-state index in [0.29, 0.717) is 18.0 Å². The summed E-state index contributed by atoms with van der Waals surface area (Å²) >= 11 is 0. The number of ether oxygens (including phenoxy) is 2. The molecule has 31 heavy (non-hydrogen) atoms. The standard InChI is InChI=1S/C24H29NO6/c1-13-6-5-7-25(31-4)12-18-16-11-22(30-3)19(26)8-14(16)15-10-21(29-2)20(27)9-17(15)23(18)24(13)28/h8-11,13,24,26-28H,5-7,12H2,1-4H3/t13-,24+/m1/s1. The van der Waals surface area contributed by atoms with Crippen LogP contribution in [0.4, 0.5) is 0 Å². The van der Waals surface area contributed by atoms with E-state index in [4.69, 9.17) is 14.3 Å². The Balaban J connectivity index is 2.19. The first-order chi connectivity index (χ1) is 14.9. The summed E-state index contributed by atoms with van der Waals surface area (Å²) in [6.07, 6.45) is 0.992. The van der Waals surface area contributed by atoms with Crippen molar-refractivity contribution in [2.45, 2.75) is 32.4 Å². The molecule has 3 aromatic rings. The van der Waals surface area contributed by atoms with Crippen LogP contribution in [0.25, 0.3) is 21.5 Å². The van der Waals surface area contributed by atoms with Crippen LogP contribution in [0.1, 0.15) is 37.0 Å². The van der Waals surface area contributed by atoms with Crippen LogP contribution in [0.3, 0.4) is 0 Å². The lowest BCUT2D eigenvalue weighted by molar-refractivity contribution is -0.139. The maximum atomic E-state index is 11.4. The lowest BCUT2D eigenvalue weighted by Gasteiger charge is -2.26. The molecule has 1 heterocycles. The van der Waals surface area contributed by atoms with Gasteiger partial charge in [-0.2, -0.15) is 5.06 Å². The summed E-state index contributed by atoms with van der Waals surface area (Å²) < 4.78 is 10.7. The van der Waals surface area contributed by atoms with Crippen LogP contribution in [0.5, 0.6) is 23.0 Å². The number of phenolic OH excluding ortho intramolecular Hbond substituents is 2. The highest BCUT2D eigenvalue weighted by Gasteiger charge is 2.28. The van der Waals surface area contributed by atoms with E-state index in [1.165, 1.54) is 14.2 Å². The first kappa shape index (κ1) is 21.5. The van der Waals surface area contributed by atoms with Gasteiger partial charge >= 0.3 is 0 Å². The maximum absolute atomic E-state index is 11.4. The average Bonchev–Trinajstić information content (AvgIpc) is 2.82. The maximum Gasteiger partial charge on any atom is 0.161 e. The van der Waals surface area contributed by atoms with E-state index in [2.05, 4.69) is 0 Å². The number of aromatic hydroxyl groups is 2. The van der Waals surface area contributed by atoms with Gasteiger partial charge < -0.3 is 29.6 Å². The first-order valence-electron chi connectivity index (χ1n) is 10.4. The monoisotopic (exact) mass is 427 g/mol. The van der Waals surface area contributed by atoms with Crippen molar-refractivity contribution in [2.24, 2.45) is 5.92 Å². The van der Waals surface area contributed by atoms with Crippen molar-refractivity contribution < 1.29 is 29.6 Å². The zero-order valence-corrected chi connectivity index (χ0v) is 18.3. The highest BCUT2D eigenvalue weighted by Crippen LogP contribution is 2.46. The Bertz CT molecular complexity index is 1130. The summed E-state index contributed by atoms with van der Waals surface area (Å²) in [5.74, 6) is 0.709. The minimum absolute atomic E-state index is 0.00222. The summed E-state index contributed by atoms with van der Waals surface area (Å²) in [6.45, 7) is 3.21. The average molecular weight is 427 g/mol. The van der Waals surface area contributed by atoms with Gasteiger partial charge in [-0.1, -0.05) is 6.92 Å². The minimum Gasteiger partial charge on any atom is -0.504 e. The highest BCUT2D eigenvalue weighted by atomic mass is 16.7. The molecule has 3 N–H and O–H groups in total. The number of methoxy groups -OCH3 is 2. The molecule has 0 bridgehead atoms. The molecule has 3 aromatic carbocycles. The van der Waals surface area contributed by atoms with E-state index < -0.39 is 6.10 Å². The van der Waals surface area contributed by atoms with Crippen molar-refractivity contribution in [1.29, 1.82) is 0 Å². The molecular formula is C24H29NO6. The van der Waals surface area contributed by atoms with Crippen LogP contribution >= 0.6 is 0 Å². The Kier molecular flexibility index (Phi) is 5.83. The van der Waals surface area contributed by atoms with Crippen molar-refractivity contribution in [3.8, 4) is 23.0 Å². The summed E-state index contributed by atoms with van der Waals surface area (Å²) in [6, 6.07) is 6.84. The van der Waals surface area contributed by atoms with Crippen LogP contribution in [0.15, 0.2) is 24.3 Å². The summed E-state index contributed by atoms with van der Waals surface area (Å²) in [7, 11) is 4.65. The van der Waals surface area contributed by atoms with E-state index in [1.54, 1.807) is 31.4 Å². The SMILES string of the molecule is COc1cc2c3c(c4cc(O)c(OC)cc4c2cc1O)[C@@H](O)[C@H](C)CCCN(OC)C3. The molecule has 0 fully saturated rings. The number of nitrogens with zero attached hydrogens (tertiary/aromatic N) is 1. The number of hydroxylamine groups is 2. The van der Waals surface area contributed by atoms with Crippen LogP contribution in [-0.2, 0) is 11.4 Å². The lowest BCUT2D eigenvalue weighted by atomic mass is 9.84. The van der Waals surface area contributed by atoms with Gasteiger partial charge in [0.15, 0.2) is 23.0 Å². The second-order valence-electron chi connectivity index (χ2n) is 8.14. The number of hydrogen-bond acceptors (Lipinski definition) is 7. The number of aliphatic hydroxyl groups is 1. The van der Waals surface area contributed by atoms with E-state index in [1.807, 2.05) is 12.0 Å². The first-order valence-corrected chi connectivity index (χ1v) is 10.4. The number of benzene rings is 3. The zero-order chi connectivity index (χ0) is 22.3. The van der Waals surface area contributed by atoms with E-state index in [0.717, 1.165) is 52.1 Å². The smallest absolute Gasteiger partial charge is 0.161 e. The van der Waals surface area contributed by atoms with Gasteiger partial charge in [0.05, 0.1) is 34.0 Å². The predicted molar refractivity (Wildman–Crippen MR) is 119 cm³/mol. The number of hydrogen-bond donors (Lipinski definition) is 3. The fourth-order valence-electron chi connectivity index (χ4n) is 4.64. The van der Waals surface area contributed by atoms with Crippen molar-refractivity contribution in [3.05, 3.63) is 35.4 Å². The van der Waals surface area contributed by atoms with E-state index >= 15 is 0 Å². The Hall–Kier alpha value is -2.74. The highest BCUT2D eigenvalue weighted by molar-refractivity contribution is 6.12. The predicted octanol–water partition coefficient (Wildman–Crippen LogP) is 4.25. The molecule has 166 valence electrons. The quantitative estimate of drug-likeness (QED) is 0.538. The number of phenols is 2. The van der Waals surface area contributed by atoms with Gasteiger partial charge in [-0.05, 0) is 75.7 Å². The molecular weight excluding hydrogens is 398 g/mol. The third-order valence-corrected chi connectivity index (χ3v) is 6.36. The minimum atomic E-state index is -0.730. The molecule has 0 saturated carbocycles. The number of rotatable bonds is 3. The molecule has 7 heteroatoms. The fraction of sp³-hybridized carbons (Fsp3) is 0.417. The normalized spacial score (nSPS) is 20.2. The van der Waals surface area contributed by atoms with Gasteiger partial charge in [0, 0.05) is 6.54 Å². The van der Waals surface area contributed by atoms with Crippen LogP contribution in [0.2, 0.25) is 0 Å². The second kappa shape index (κ2) is 8.42. The Morgan fingerprint density at radius 3 is 2.06 bits per heavy atom. The van der Waals surface area contributed by atoms with Gasteiger partial charge in [-0.15, -0.1) is 0 Å². The molecule has 2 atom stereocenters. The number of fused-ring (bicyclic) bond motifs is 6. The van der Waals surface area contributed by atoms with Gasteiger partial charge in [0.2, 0.25) is 0 Å². The molecule has 7 nitrogen and oxygen atoms in total. The summed E-state index contributed by atoms with van der Waals surface area (Å²) in [4.78, 5) is 5.61. The van der Waals surface area contributed by atoms with Gasteiger partial charge in [0.25, 0.3) is 0 Å². The van der Waals surface area contributed by atoms with Crippen molar-refractivity contribution in [3.63, 3.8) is 0 Å². The van der Waals surface area contributed by atoms with Crippen LogP contribution < -0.4 is 9.47 Å². The van der Waals surface area contributed by atoms with Crippen molar-refractivity contribution >= 4 is 21.5 Å². The lowest BCUT2D eigenvalue weighted by Crippen LogP contribution is -2.23. The molecule has 1 aliphatic rings. The molecule has 1 aliphatic heterocycles. The van der Waals surface area contributed by atoms with E-state index in [-0.39, 0.29) is 17.4 Å². The molecule has 0 saturated heterocycles. The van der Waals surface area contributed by atoms with Crippen LogP contribution in [0, 0.1) is 5.92 Å². The molecule has 4 rings (SSSR count). The third kappa shape index (κ3) is 3.63. The summed E-state index contributed by atoms with van der Waals surface area (Å²) in [5.41, 5.74) is 1.64. The van der Waals surface area contributed by atoms with Crippen molar-refractivity contribution in [1.82, 2.24) is 5.06 Å². The van der Waals surface area contributed by atoms with Gasteiger partial charge in [-0.3, -0.25) is 0 Å². The van der Waals surface area contributed by atoms with Gasteiger partial charge in [-0.25, -0.2) is 0 Å². The zero-order valence-electron chi connectivity index (χ0n) is 18.3. The molecule has 0 aromatic heterocycles. The molecule has 0 radical (unpaired) electrons. The van der Waals surface area contributed by atoms with Crippen LogP contribution in [-0.4, -0.2) is 48.3 Å². The fourth-order valence-corrected chi connectivity index (χ4v) is 4.64. The van der Waals surface area contributed by atoms with Crippen molar-refractivity contribution in [2.75, 3.05) is 27.9 Å². The number of aliphatic hydroxyl groups excluding tert-OH is 1. The topological polar surface area (TPSA) is 91.6 Å². The van der Waals surface area contributed by atoms with Gasteiger partial charge in [0.1, 0.15) is 0 Å². The third-order valence-electron chi connectivity index (χ3n) is 6.36. The molecule has 0 aliphatic carbocycles. The molecule has 0 spiro atoms. The Morgan fingerprint density at radius 2 is 1.45 bits per heavy atom. The largest absolute Gasteiger partial charge is 0.504 e. The second-order valence-corrected chi connectivity index (χ2v) is 8.14. The van der Waals surface area contributed by atoms with E-state index in [9.17, 15) is 15.3 Å². The molecule has 0 amide bonds.